The van der Waals surface area contributed by atoms with Crippen LogP contribution >= 0.6 is 0 Å². The number of nitrogen functional groups attached to an aromatic ring is 1. The second kappa shape index (κ2) is 7.10. The number of aryl methyl sites for hydroxylation is 1. The minimum absolute atomic E-state index is 0.419. The van der Waals surface area contributed by atoms with Crippen LogP contribution in [0.5, 0.6) is 0 Å². The molecule has 1 aromatic carbocycles. The van der Waals surface area contributed by atoms with E-state index in [9.17, 15) is 0 Å². The van der Waals surface area contributed by atoms with Crippen LogP contribution in [-0.2, 0) is 11.2 Å². The first-order valence-corrected chi connectivity index (χ1v) is 7.69. The number of hydrogen-bond donors (Lipinski definition) is 2. The molecule has 1 fully saturated rings. The van der Waals surface area contributed by atoms with Gasteiger partial charge in [0, 0.05) is 25.2 Å². The van der Waals surface area contributed by atoms with Gasteiger partial charge in [-0.1, -0.05) is 19.1 Å². The third-order valence-electron chi connectivity index (χ3n) is 3.73. The molecule has 122 valence electrons. The SMILES string of the molecule is CCc1nnc(N/N=C\c2ccc(N3CCOCC3)cc2)n1N. The van der Waals surface area contributed by atoms with E-state index < -0.39 is 0 Å². The third-order valence-corrected chi connectivity index (χ3v) is 3.73. The normalized spacial score (nSPS) is 15.3. The van der Waals surface area contributed by atoms with Crippen molar-refractivity contribution in [3.05, 3.63) is 35.7 Å². The van der Waals surface area contributed by atoms with Crippen LogP contribution in [0.25, 0.3) is 0 Å². The number of ether oxygens (including phenoxy) is 1. The molecule has 3 N–H and O–H groups in total. The van der Waals surface area contributed by atoms with E-state index in [1.54, 1.807) is 6.21 Å². The Morgan fingerprint density at radius 1 is 1.26 bits per heavy atom. The fraction of sp³-hybridized carbons (Fsp3) is 0.400. The van der Waals surface area contributed by atoms with Crippen molar-refractivity contribution in [2.24, 2.45) is 5.10 Å². The lowest BCUT2D eigenvalue weighted by molar-refractivity contribution is 0.122. The summed E-state index contributed by atoms with van der Waals surface area (Å²) in [7, 11) is 0. The second-order valence-corrected chi connectivity index (χ2v) is 5.22. The molecule has 0 aliphatic carbocycles. The van der Waals surface area contributed by atoms with Gasteiger partial charge < -0.3 is 15.5 Å². The minimum atomic E-state index is 0.419. The van der Waals surface area contributed by atoms with Crippen LogP contribution in [0.4, 0.5) is 11.6 Å². The quantitative estimate of drug-likeness (QED) is 0.482. The van der Waals surface area contributed by atoms with Crippen molar-refractivity contribution in [1.29, 1.82) is 0 Å². The second-order valence-electron chi connectivity index (χ2n) is 5.22. The maximum absolute atomic E-state index is 5.84. The molecule has 0 saturated carbocycles. The zero-order valence-electron chi connectivity index (χ0n) is 13.1. The summed E-state index contributed by atoms with van der Waals surface area (Å²) in [5.41, 5.74) is 5.00. The van der Waals surface area contributed by atoms with E-state index in [0.29, 0.717) is 11.8 Å². The molecule has 0 radical (unpaired) electrons. The first-order chi connectivity index (χ1) is 11.3. The minimum Gasteiger partial charge on any atom is -0.378 e. The zero-order valence-corrected chi connectivity index (χ0v) is 13.1. The van der Waals surface area contributed by atoms with Gasteiger partial charge in [-0.25, -0.2) is 10.1 Å². The summed E-state index contributed by atoms with van der Waals surface area (Å²) in [6.45, 7) is 5.40. The van der Waals surface area contributed by atoms with Crippen molar-refractivity contribution in [2.45, 2.75) is 13.3 Å². The average Bonchev–Trinajstić information content (AvgIpc) is 2.96. The van der Waals surface area contributed by atoms with Crippen molar-refractivity contribution in [3.63, 3.8) is 0 Å². The maximum atomic E-state index is 5.84. The molecule has 0 amide bonds. The number of hydrazone groups is 1. The molecule has 1 aliphatic heterocycles. The number of aromatic nitrogens is 3. The summed E-state index contributed by atoms with van der Waals surface area (Å²) >= 11 is 0. The van der Waals surface area contributed by atoms with E-state index in [0.717, 1.165) is 38.3 Å². The Hall–Kier alpha value is -2.61. The fourth-order valence-corrected chi connectivity index (χ4v) is 2.40. The smallest absolute Gasteiger partial charge is 0.263 e. The summed E-state index contributed by atoms with van der Waals surface area (Å²) in [5, 5.41) is 12.0. The van der Waals surface area contributed by atoms with Gasteiger partial charge in [-0.05, 0) is 17.7 Å². The van der Waals surface area contributed by atoms with Gasteiger partial charge in [0.1, 0.15) is 0 Å². The topological polar surface area (TPSA) is 93.6 Å². The van der Waals surface area contributed by atoms with Crippen LogP contribution in [-0.4, -0.2) is 47.4 Å². The number of hydrogen-bond acceptors (Lipinski definition) is 7. The molecule has 2 heterocycles. The summed E-state index contributed by atoms with van der Waals surface area (Å²) in [4.78, 5) is 2.31. The standard InChI is InChI=1S/C15H21N7O/c1-2-14-18-20-15(22(14)16)19-17-11-12-3-5-13(6-4-12)21-7-9-23-10-8-21/h3-6,11H,2,7-10,16H2,1H3,(H,19,20)/b17-11-. The van der Waals surface area contributed by atoms with E-state index in [1.165, 1.54) is 10.4 Å². The zero-order chi connectivity index (χ0) is 16.1. The molecule has 1 aromatic heterocycles. The monoisotopic (exact) mass is 315 g/mol. The van der Waals surface area contributed by atoms with Crippen molar-refractivity contribution in [1.82, 2.24) is 14.9 Å². The summed E-state index contributed by atoms with van der Waals surface area (Å²) in [5.74, 6) is 6.96. The Balaban J connectivity index is 1.60. The maximum Gasteiger partial charge on any atom is 0.263 e. The van der Waals surface area contributed by atoms with Crippen LogP contribution in [0.2, 0.25) is 0 Å². The lowest BCUT2D eigenvalue weighted by atomic mass is 10.2. The van der Waals surface area contributed by atoms with Crippen molar-refractivity contribution in [3.8, 4) is 0 Å². The van der Waals surface area contributed by atoms with Crippen LogP contribution in [0, 0.1) is 0 Å². The molecule has 0 atom stereocenters. The first kappa shape index (κ1) is 15.3. The fourth-order valence-electron chi connectivity index (χ4n) is 2.40. The van der Waals surface area contributed by atoms with Gasteiger partial charge in [-0.3, -0.25) is 0 Å². The highest BCUT2D eigenvalue weighted by Gasteiger charge is 2.10. The van der Waals surface area contributed by atoms with Crippen LogP contribution in [0.1, 0.15) is 18.3 Å². The molecular formula is C15H21N7O. The van der Waals surface area contributed by atoms with Gasteiger partial charge in [-0.2, -0.15) is 5.10 Å². The van der Waals surface area contributed by atoms with E-state index in [-0.39, 0.29) is 0 Å². The summed E-state index contributed by atoms with van der Waals surface area (Å²) < 4.78 is 6.77. The van der Waals surface area contributed by atoms with Gasteiger partial charge in [0.2, 0.25) is 0 Å². The Bertz CT molecular complexity index is 659. The van der Waals surface area contributed by atoms with Crippen molar-refractivity contribution in [2.75, 3.05) is 42.5 Å². The molecule has 1 saturated heterocycles. The largest absolute Gasteiger partial charge is 0.378 e. The van der Waals surface area contributed by atoms with Gasteiger partial charge in [0.25, 0.3) is 5.95 Å². The highest BCUT2D eigenvalue weighted by molar-refractivity contribution is 5.80. The van der Waals surface area contributed by atoms with E-state index in [4.69, 9.17) is 10.6 Å². The molecule has 1 aliphatic rings. The number of morpholine rings is 1. The Morgan fingerprint density at radius 2 is 2.00 bits per heavy atom. The third kappa shape index (κ3) is 3.59. The predicted molar refractivity (Wildman–Crippen MR) is 90.2 cm³/mol. The highest BCUT2D eigenvalue weighted by atomic mass is 16.5. The average molecular weight is 315 g/mol. The number of nitrogens with one attached hydrogen (secondary N) is 1. The first-order valence-electron chi connectivity index (χ1n) is 7.69. The molecule has 2 aromatic rings. The lowest BCUT2D eigenvalue weighted by Gasteiger charge is -2.28. The number of anilines is 2. The number of benzene rings is 1. The number of nitrogens with zero attached hydrogens (tertiary/aromatic N) is 5. The van der Waals surface area contributed by atoms with Crippen LogP contribution < -0.4 is 16.2 Å². The van der Waals surface area contributed by atoms with Crippen LogP contribution in [0.15, 0.2) is 29.4 Å². The van der Waals surface area contributed by atoms with Crippen LogP contribution in [0.3, 0.4) is 0 Å². The van der Waals surface area contributed by atoms with E-state index >= 15 is 0 Å². The summed E-state index contributed by atoms with van der Waals surface area (Å²) in [6.07, 6.45) is 2.45. The molecule has 3 rings (SSSR count). The van der Waals surface area contributed by atoms with Gasteiger partial charge in [-0.15, -0.1) is 10.2 Å². The Labute approximate surface area is 134 Å². The molecule has 8 nitrogen and oxygen atoms in total. The summed E-state index contributed by atoms with van der Waals surface area (Å²) in [6, 6.07) is 8.24. The number of nitrogens with two attached hydrogens (primary N) is 1. The molecular weight excluding hydrogens is 294 g/mol. The van der Waals surface area contributed by atoms with Gasteiger partial charge in [0.05, 0.1) is 19.4 Å². The Kier molecular flexibility index (Phi) is 4.72. The molecule has 0 bridgehead atoms. The molecule has 0 unspecified atom stereocenters. The van der Waals surface area contributed by atoms with Crippen molar-refractivity contribution >= 4 is 17.9 Å². The number of rotatable bonds is 5. The highest BCUT2D eigenvalue weighted by Crippen LogP contribution is 2.16. The predicted octanol–water partition coefficient (Wildman–Crippen LogP) is 0.837. The van der Waals surface area contributed by atoms with Gasteiger partial charge >= 0.3 is 0 Å². The molecule has 8 heteroatoms. The van der Waals surface area contributed by atoms with Gasteiger partial charge in [0.15, 0.2) is 5.82 Å². The van der Waals surface area contributed by atoms with E-state index in [1.807, 2.05) is 19.1 Å². The van der Waals surface area contributed by atoms with E-state index in [2.05, 4.69) is 37.8 Å². The Morgan fingerprint density at radius 3 is 2.65 bits per heavy atom. The van der Waals surface area contributed by atoms with Crippen molar-refractivity contribution < 1.29 is 4.74 Å². The lowest BCUT2D eigenvalue weighted by Crippen LogP contribution is -2.36. The molecule has 23 heavy (non-hydrogen) atoms. The molecule has 0 spiro atoms.